The zero-order chi connectivity index (χ0) is 10.4. The Kier molecular flexibility index (Phi) is 3.88. The fourth-order valence-corrected chi connectivity index (χ4v) is 1.07. The highest BCUT2D eigenvalue weighted by Crippen LogP contribution is 2.05. The Morgan fingerprint density at radius 1 is 1.43 bits per heavy atom. The van der Waals surface area contributed by atoms with Crippen LogP contribution >= 0.6 is 0 Å². The van der Waals surface area contributed by atoms with Gasteiger partial charge in [0.05, 0.1) is 0 Å². The molecule has 1 aromatic rings. The summed E-state index contributed by atoms with van der Waals surface area (Å²) in [6, 6.07) is 7.18. The van der Waals surface area contributed by atoms with Crippen molar-refractivity contribution in [2.75, 3.05) is 13.6 Å². The van der Waals surface area contributed by atoms with Gasteiger partial charge in [0.15, 0.2) is 0 Å². The van der Waals surface area contributed by atoms with E-state index in [4.69, 9.17) is 5.73 Å². The predicted octanol–water partition coefficient (Wildman–Crippen LogP) is 1.02. The van der Waals surface area contributed by atoms with Crippen molar-refractivity contribution in [1.29, 1.82) is 0 Å². The molecule has 0 unspecified atom stereocenters. The van der Waals surface area contributed by atoms with Gasteiger partial charge in [0.25, 0.3) is 0 Å². The number of rotatable bonds is 4. The largest absolute Gasteiger partial charge is 0.366 e. The summed E-state index contributed by atoms with van der Waals surface area (Å²) in [7, 11) is 1.89. The first-order chi connectivity index (χ1) is 6.74. The van der Waals surface area contributed by atoms with Gasteiger partial charge in [-0.1, -0.05) is 24.3 Å². The molecule has 1 rings (SSSR count). The van der Waals surface area contributed by atoms with Crippen molar-refractivity contribution in [2.24, 2.45) is 5.73 Å². The molecular formula is C11H14N2O. The van der Waals surface area contributed by atoms with E-state index in [0.717, 1.165) is 12.1 Å². The van der Waals surface area contributed by atoms with E-state index in [2.05, 4.69) is 5.32 Å². The molecule has 0 bridgehead atoms. The van der Waals surface area contributed by atoms with E-state index in [1.807, 2.05) is 31.3 Å². The van der Waals surface area contributed by atoms with Crippen LogP contribution < -0.4 is 11.1 Å². The van der Waals surface area contributed by atoms with E-state index in [1.54, 1.807) is 12.1 Å². The predicted molar refractivity (Wildman–Crippen MR) is 57.9 cm³/mol. The molecule has 0 atom stereocenters. The maximum Gasteiger partial charge on any atom is 0.248 e. The molecule has 0 heterocycles. The van der Waals surface area contributed by atoms with Crippen LogP contribution in [0.3, 0.4) is 0 Å². The monoisotopic (exact) mass is 190 g/mol. The lowest BCUT2D eigenvalue weighted by molar-refractivity contribution is 0.100. The zero-order valence-corrected chi connectivity index (χ0v) is 8.16. The average molecular weight is 190 g/mol. The van der Waals surface area contributed by atoms with Gasteiger partial charge in [-0.25, -0.2) is 0 Å². The van der Waals surface area contributed by atoms with Crippen molar-refractivity contribution in [1.82, 2.24) is 5.32 Å². The van der Waals surface area contributed by atoms with Crippen LogP contribution in [0.5, 0.6) is 0 Å². The fraction of sp³-hybridized carbons (Fsp3) is 0.182. The summed E-state index contributed by atoms with van der Waals surface area (Å²) < 4.78 is 0. The number of benzene rings is 1. The van der Waals surface area contributed by atoms with Crippen LogP contribution in [0.4, 0.5) is 0 Å². The van der Waals surface area contributed by atoms with Crippen LogP contribution in [0.25, 0.3) is 6.08 Å². The second kappa shape index (κ2) is 5.19. The molecule has 0 spiro atoms. The molecule has 74 valence electrons. The summed E-state index contributed by atoms with van der Waals surface area (Å²) in [5.41, 5.74) is 6.72. The lowest BCUT2D eigenvalue weighted by Crippen LogP contribution is -2.10. The minimum absolute atomic E-state index is 0.393. The first kappa shape index (κ1) is 10.5. The van der Waals surface area contributed by atoms with Gasteiger partial charge in [-0.05, 0) is 24.7 Å². The van der Waals surface area contributed by atoms with Gasteiger partial charge in [0, 0.05) is 12.1 Å². The maximum atomic E-state index is 10.8. The minimum Gasteiger partial charge on any atom is -0.366 e. The summed E-state index contributed by atoms with van der Waals surface area (Å²) in [4.78, 5) is 10.8. The smallest absolute Gasteiger partial charge is 0.248 e. The number of primary amides is 1. The molecule has 0 radical (unpaired) electrons. The van der Waals surface area contributed by atoms with Gasteiger partial charge < -0.3 is 11.1 Å². The Morgan fingerprint density at radius 2 is 2.07 bits per heavy atom. The molecule has 0 saturated heterocycles. The number of nitrogens with one attached hydrogen (secondary N) is 1. The van der Waals surface area contributed by atoms with Crippen molar-refractivity contribution < 1.29 is 4.79 Å². The number of hydrogen-bond donors (Lipinski definition) is 2. The third-order valence-corrected chi connectivity index (χ3v) is 1.83. The van der Waals surface area contributed by atoms with Crippen LogP contribution in [0.1, 0.15) is 15.9 Å². The summed E-state index contributed by atoms with van der Waals surface area (Å²) in [5, 5.41) is 3.01. The Hall–Kier alpha value is -1.61. The van der Waals surface area contributed by atoms with Crippen LogP contribution in [0, 0.1) is 0 Å². The number of likely N-dealkylation sites (N-methyl/N-ethyl adjacent to an activating group) is 1. The highest BCUT2D eigenvalue weighted by atomic mass is 16.1. The number of carbonyl (C=O) groups is 1. The summed E-state index contributed by atoms with van der Waals surface area (Å²) in [5.74, 6) is -0.393. The topological polar surface area (TPSA) is 55.1 Å². The third-order valence-electron chi connectivity index (χ3n) is 1.83. The van der Waals surface area contributed by atoms with Crippen LogP contribution in [0.15, 0.2) is 30.3 Å². The van der Waals surface area contributed by atoms with E-state index in [9.17, 15) is 4.79 Å². The normalized spacial score (nSPS) is 10.6. The molecule has 3 N–H and O–H groups in total. The van der Waals surface area contributed by atoms with E-state index in [-0.39, 0.29) is 0 Å². The number of hydrogen-bond acceptors (Lipinski definition) is 2. The minimum atomic E-state index is -0.393. The molecule has 0 aliphatic rings. The molecule has 1 aromatic carbocycles. The fourth-order valence-electron chi connectivity index (χ4n) is 1.07. The van der Waals surface area contributed by atoms with E-state index >= 15 is 0 Å². The van der Waals surface area contributed by atoms with Gasteiger partial charge in [0.1, 0.15) is 0 Å². The SMILES string of the molecule is CNCC=Cc1ccc(C(N)=O)cc1. The maximum absolute atomic E-state index is 10.8. The first-order valence-electron chi connectivity index (χ1n) is 4.45. The first-order valence-corrected chi connectivity index (χ1v) is 4.45. The Bertz CT molecular complexity index is 328. The Morgan fingerprint density at radius 3 is 2.57 bits per heavy atom. The Labute approximate surface area is 83.6 Å². The van der Waals surface area contributed by atoms with Crippen molar-refractivity contribution in [2.45, 2.75) is 0 Å². The molecule has 0 fully saturated rings. The highest BCUT2D eigenvalue weighted by molar-refractivity contribution is 5.92. The molecular weight excluding hydrogens is 176 g/mol. The lowest BCUT2D eigenvalue weighted by atomic mass is 10.1. The number of carbonyl (C=O) groups excluding carboxylic acids is 1. The summed E-state index contributed by atoms with van der Waals surface area (Å²) in [6.45, 7) is 0.831. The van der Waals surface area contributed by atoms with Crippen molar-refractivity contribution in [3.05, 3.63) is 41.5 Å². The molecule has 0 aliphatic heterocycles. The molecule has 3 heteroatoms. The second-order valence-corrected chi connectivity index (χ2v) is 2.95. The van der Waals surface area contributed by atoms with Gasteiger partial charge >= 0.3 is 0 Å². The molecule has 0 saturated carbocycles. The lowest BCUT2D eigenvalue weighted by Gasteiger charge is -1.96. The van der Waals surface area contributed by atoms with E-state index < -0.39 is 5.91 Å². The van der Waals surface area contributed by atoms with Crippen molar-refractivity contribution >= 4 is 12.0 Å². The molecule has 3 nitrogen and oxygen atoms in total. The van der Waals surface area contributed by atoms with Gasteiger partial charge in [-0.15, -0.1) is 0 Å². The van der Waals surface area contributed by atoms with Crippen molar-refractivity contribution in [3.8, 4) is 0 Å². The zero-order valence-electron chi connectivity index (χ0n) is 8.16. The molecule has 0 aliphatic carbocycles. The third kappa shape index (κ3) is 3.03. The molecule has 1 amide bonds. The van der Waals surface area contributed by atoms with Crippen LogP contribution in [-0.2, 0) is 0 Å². The van der Waals surface area contributed by atoms with Crippen molar-refractivity contribution in [3.63, 3.8) is 0 Å². The van der Waals surface area contributed by atoms with Gasteiger partial charge in [-0.3, -0.25) is 4.79 Å². The average Bonchev–Trinajstić information content (AvgIpc) is 2.19. The number of nitrogens with two attached hydrogens (primary N) is 1. The molecule has 0 aromatic heterocycles. The van der Waals surface area contributed by atoms with Gasteiger partial charge in [0.2, 0.25) is 5.91 Å². The van der Waals surface area contributed by atoms with Gasteiger partial charge in [-0.2, -0.15) is 0 Å². The van der Waals surface area contributed by atoms with Crippen LogP contribution in [-0.4, -0.2) is 19.5 Å². The van der Waals surface area contributed by atoms with Crippen LogP contribution in [0.2, 0.25) is 0 Å². The molecule has 14 heavy (non-hydrogen) atoms. The summed E-state index contributed by atoms with van der Waals surface area (Å²) >= 11 is 0. The second-order valence-electron chi connectivity index (χ2n) is 2.95. The number of amides is 1. The highest BCUT2D eigenvalue weighted by Gasteiger charge is 1.97. The standard InChI is InChI=1S/C11H14N2O/c1-13-8-2-3-9-4-6-10(7-5-9)11(12)14/h2-7,13H,8H2,1H3,(H2,12,14). The Balaban J connectivity index is 2.68. The van der Waals surface area contributed by atoms with E-state index in [0.29, 0.717) is 5.56 Å². The quantitative estimate of drug-likeness (QED) is 0.744. The van der Waals surface area contributed by atoms with E-state index in [1.165, 1.54) is 0 Å². The summed E-state index contributed by atoms with van der Waals surface area (Å²) in [6.07, 6.45) is 4.00.